The summed E-state index contributed by atoms with van der Waals surface area (Å²) in [4.78, 5) is 22.2. The molecule has 0 rings (SSSR count). The summed E-state index contributed by atoms with van der Waals surface area (Å²) >= 11 is 0. The maximum absolute atomic E-state index is 11.2. The number of carbonyl (C=O) groups is 2. The van der Waals surface area contributed by atoms with E-state index in [-0.39, 0.29) is 17.7 Å². The van der Waals surface area contributed by atoms with Crippen LogP contribution in [0.15, 0.2) is 0 Å². The highest BCUT2D eigenvalue weighted by Gasteiger charge is 2.04. The number of rotatable bonds is 11. The first-order valence-corrected chi connectivity index (χ1v) is 9.57. The fourth-order valence-corrected chi connectivity index (χ4v) is 1.76. The van der Waals surface area contributed by atoms with Crippen LogP contribution in [0.4, 0.5) is 0 Å². The van der Waals surface area contributed by atoms with Crippen molar-refractivity contribution in [1.82, 2.24) is 21.3 Å². The van der Waals surface area contributed by atoms with Gasteiger partial charge in [0.1, 0.15) is 0 Å². The summed E-state index contributed by atoms with van der Waals surface area (Å²) in [5.74, 6) is 0.809. The summed E-state index contributed by atoms with van der Waals surface area (Å²) in [6.45, 7) is 19.4. The van der Waals surface area contributed by atoms with E-state index in [0.29, 0.717) is 24.4 Å². The van der Waals surface area contributed by atoms with Crippen LogP contribution in [0.25, 0.3) is 0 Å². The monoisotopic (exact) mass is 358 g/mol. The van der Waals surface area contributed by atoms with E-state index in [1.165, 1.54) is 0 Å². The van der Waals surface area contributed by atoms with Gasteiger partial charge >= 0.3 is 0 Å². The Morgan fingerprint density at radius 1 is 0.680 bits per heavy atom. The van der Waals surface area contributed by atoms with Crippen molar-refractivity contribution in [1.29, 1.82) is 0 Å². The van der Waals surface area contributed by atoms with Crippen molar-refractivity contribution in [2.24, 2.45) is 11.8 Å². The largest absolute Gasteiger partial charge is 0.355 e. The third-order valence-corrected chi connectivity index (χ3v) is 3.09. The molecular weight excluding hydrogens is 316 g/mol. The molecule has 0 aliphatic heterocycles. The summed E-state index contributed by atoms with van der Waals surface area (Å²) in [7, 11) is 0. The quantitative estimate of drug-likeness (QED) is 0.425. The summed E-state index contributed by atoms with van der Waals surface area (Å²) in [6, 6.07) is 0.975. The predicted molar refractivity (Wildman–Crippen MR) is 107 cm³/mol. The summed E-state index contributed by atoms with van der Waals surface area (Å²) in [6.07, 6.45) is 0.627. The Kier molecular flexibility index (Phi) is 17.0. The lowest BCUT2D eigenvalue weighted by Gasteiger charge is -2.10. The third kappa shape index (κ3) is 22.9. The van der Waals surface area contributed by atoms with Gasteiger partial charge in [-0.2, -0.15) is 0 Å². The van der Waals surface area contributed by atoms with Gasteiger partial charge in [-0.05, 0) is 5.92 Å². The van der Waals surface area contributed by atoms with Gasteiger partial charge in [0.25, 0.3) is 0 Å². The van der Waals surface area contributed by atoms with Gasteiger partial charge in [-0.25, -0.2) is 0 Å². The lowest BCUT2D eigenvalue weighted by atomic mass is 10.1. The molecule has 0 heterocycles. The average Bonchev–Trinajstić information content (AvgIpc) is 2.47. The molecule has 0 saturated carbocycles. The second-order valence-electron chi connectivity index (χ2n) is 7.61. The topological polar surface area (TPSA) is 82.3 Å². The third-order valence-electron chi connectivity index (χ3n) is 3.09. The summed E-state index contributed by atoms with van der Waals surface area (Å²) in [5.41, 5.74) is 0. The van der Waals surface area contributed by atoms with E-state index in [2.05, 4.69) is 49.0 Å². The Bertz CT molecular complexity index is 342. The zero-order valence-electron chi connectivity index (χ0n) is 17.7. The minimum atomic E-state index is 0.0871. The van der Waals surface area contributed by atoms with Gasteiger partial charge in [0, 0.05) is 50.6 Å². The van der Waals surface area contributed by atoms with Crippen LogP contribution in [-0.2, 0) is 9.59 Å². The van der Waals surface area contributed by atoms with Crippen molar-refractivity contribution in [3.05, 3.63) is 0 Å². The van der Waals surface area contributed by atoms with E-state index in [1.54, 1.807) is 0 Å². The lowest BCUT2D eigenvalue weighted by molar-refractivity contribution is -0.124. The molecule has 0 atom stereocenters. The Hall–Kier alpha value is -1.14. The minimum absolute atomic E-state index is 0.0871. The Labute approximate surface area is 155 Å². The maximum Gasteiger partial charge on any atom is 0.222 e. The van der Waals surface area contributed by atoms with Crippen molar-refractivity contribution < 1.29 is 9.59 Å². The molecule has 0 unspecified atom stereocenters. The van der Waals surface area contributed by atoms with E-state index < -0.39 is 0 Å². The van der Waals surface area contributed by atoms with E-state index in [4.69, 9.17) is 0 Å². The molecule has 0 aromatic heterocycles. The van der Waals surface area contributed by atoms with Gasteiger partial charge < -0.3 is 21.3 Å². The smallest absolute Gasteiger partial charge is 0.222 e. The van der Waals surface area contributed by atoms with Crippen LogP contribution in [0.2, 0.25) is 0 Å². The molecule has 0 fully saturated rings. The minimum Gasteiger partial charge on any atom is -0.355 e. The number of hydrogen-bond acceptors (Lipinski definition) is 4. The summed E-state index contributed by atoms with van der Waals surface area (Å²) in [5, 5.41) is 12.2. The summed E-state index contributed by atoms with van der Waals surface area (Å²) < 4.78 is 0. The molecule has 0 aliphatic rings. The Balaban J connectivity index is 0. The molecule has 0 bridgehead atoms. The van der Waals surface area contributed by atoms with Crippen molar-refractivity contribution >= 4 is 11.8 Å². The average molecular weight is 359 g/mol. The van der Waals surface area contributed by atoms with E-state index in [0.717, 1.165) is 26.2 Å². The molecule has 0 aromatic carbocycles. The van der Waals surface area contributed by atoms with Crippen molar-refractivity contribution in [2.45, 2.75) is 73.9 Å². The second-order valence-corrected chi connectivity index (χ2v) is 7.61. The Morgan fingerprint density at radius 2 is 1.12 bits per heavy atom. The molecule has 6 nitrogen and oxygen atoms in total. The zero-order valence-corrected chi connectivity index (χ0v) is 17.7. The number of amides is 2. The fourth-order valence-electron chi connectivity index (χ4n) is 1.76. The lowest BCUT2D eigenvalue weighted by Crippen LogP contribution is -2.36. The van der Waals surface area contributed by atoms with Gasteiger partial charge in [0.15, 0.2) is 0 Å². The van der Waals surface area contributed by atoms with Crippen LogP contribution >= 0.6 is 0 Å². The van der Waals surface area contributed by atoms with Crippen molar-refractivity contribution in [2.75, 3.05) is 26.2 Å². The molecular formula is C19H42N4O2. The van der Waals surface area contributed by atoms with Gasteiger partial charge in [0.05, 0.1) is 0 Å². The van der Waals surface area contributed by atoms with Crippen LogP contribution in [0.5, 0.6) is 0 Å². The van der Waals surface area contributed by atoms with Crippen LogP contribution < -0.4 is 21.3 Å². The standard InChI is InChI=1S/C10H22N2O.C9H20N2O/c1-8(2)7-10(13)12-6-5-11-9(3)4;1-7(2)9(12)11-6-5-10-8(3)4/h8-9,11H,5-7H2,1-4H3,(H,12,13);7-8,10H,5-6H2,1-4H3,(H,11,12). The molecule has 0 saturated heterocycles. The first-order valence-electron chi connectivity index (χ1n) is 9.57. The van der Waals surface area contributed by atoms with E-state index in [1.807, 2.05) is 27.7 Å². The predicted octanol–water partition coefficient (Wildman–Crippen LogP) is 1.90. The highest BCUT2D eigenvalue weighted by atomic mass is 16.2. The first-order chi connectivity index (χ1) is 11.6. The molecule has 25 heavy (non-hydrogen) atoms. The Morgan fingerprint density at radius 3 is 1.48 bits per heavy atom. The number of hydrogen-bond donors (Lipinski definition) is 4. The molecule has 6 heteroatoms. The van der Waals surface area contributed by atoms with Gasteiger partial charge in [-0.3, -0.25) is 9.59 Å². The SMILES string of the molecule is CC(C)CC(=O)NCCNC(C)C.CC(C)NCCNC(=O)C(C)C. The maximum atomic E-state index is 11.2. The van der Waals surface area contributed by atoms with Gasteiger partial charge in [0.2, 0.25) is 11.8 Å². The zero-order chi connectivity index (χ0) is 19.8. The highest BCUT2D eigenvalue weighted by Crippen LogP contribution is 1.97. The van der Waals surface area contributed by atoms with E-state index in [9.17, 15) is 9.59 Å². The fraction of sp³-hybridized carbons (Fsp3) is 0.895. The van der Waals surface area contributed by atoms with Crippen molar-refractivity contribution in [3.63, 3.8) is 0 Å². The normalized spacial score (nSPS) is 10.9. The van der Waals surface area contributed by atoms with Crippen LogP contribution in [0, 0.1) is 11.8 Å². The number of nitrogens with one attached hydrogen (secondary N) is 4. The van der Waals surface area contributed by atoms with Crippen LogP contribution in [0.1, 0.15) is 61.8 Å². The van der Waals surface area contributed by atoms with Gasteiger partial charge in [-0.15, -0.1) is 0 Å². The first kappa shape index (κ1) is 26.1. The molecule has 0 aliphatic carbocycles. The molecule has 0 radical (unpaired) electrons. The molecule has 2 amide bonds. The molecule has 0 spiro atoms. The van der Waals surface area contributed by atoms with Crippen LogP contribution in [-0.4, -0.2) is 50.1 Å². The van der Waals surface area contributed by atoms with Crippen molar-refractivity contribution in [3.8, 4) is 0 Å². The van der Waals surface area contributed by atoms with Gasteiger partial charge in [-0.1, -0.05) is 55.4 Å². The number of carbonyl (C=O) groups excluding carboxylic acids is 2. The van der Waals surface area contributed by atoms with E-state index >= 15 is 0 Å². The second kappa shape index (κ2) is 16.3. The molecule has 0 aromatic rings. The molecule has 4 N–H and O–H groups in total. The van der Waals surface area contributed by atoms with Crippen LogP contribution in [0.3, 0.4) is 0 Å². The molecule has 150 valence electrons. The highest BCUT2D eigenvalue weighted by molar-refractivity contribution is 5.77.